The van der Waals surface area contributed by atoms with Crippen LogP contribution >= 0.6 is 0 Å². The summed E-state index contributed by atoms with van der Waals surface area (Å²) in [5, 5.41) is 0. The Labute approximate surface area is 132 Å². The van der Waals surface area contributed by atoms with Crippen molar-refractivity contribution >= 4 is 0 Å². The molecule has 3 rings (SSSR count). The molecule has 1 aliphatic heterocycles. The number of rotatable bonds is 4. The maximum atomic E-state index is 5.91. The van der Waals surface area contributed by atoms with Gasteiger partial charge in [0, 0.05) is 18.7 Å². The van der Waals surface area contributed by atoms with E-state index in [-0.39, 0.29) is 0 Å². The summed E-state index contributed by atoms with van der Waals surface area (Å²) in [5.41, 5.74) is 9.15. The second-order valence-electron chi connectivity index (χ2n) is 6.32. The number of piperidine rings is 1. The van der Waals surface area contributed by atoms with Gasteiger partial charge in [-0.25, -0.2) is 4.98 Å². The molecule has 1 aromatic carbocycles. The number of hydrogen-bond donors (Lipinski definition) is 1. The van der Waals surface area contributed by atoms with Crippen LogP contribution in [0.3, 0.4) is 0 Å². The predicted molar refractivity (Wildman–Crippen MR) is 88.5 cm³/mol. The summed E-state index contributed by atoms with van der Waals surface area (Å²) in [6.45, 7) is 7.94. The summed E-state index contributed by atoms with van der Waals surface area (Å²) in [6.07, 6.45) is 2.47. The highest BCUT2D eigenvalue weighted by atomic mass is 16.4. The average molecular weight is 299 g/mol. The van der Waals surface area contributed by atoms with Gasteiger partial charge in [-0.1, -0.05) is 18.2 Å². The smallest absolute Gasteiger partial charge is 0.226 e. The molecule has 0 aliphatic carbocycles. The predicted octanol–water partition coefficient (Wildman–Crippen LogP) is 3.13. The van der Waals surface area contributed by atoms with Crippen LogP contribution in [0.4, 0.5) is 0 Å². The third-order valence-electron chi connectivity index (χ3n) is 4.58. The van der Waals surface area contributed by atoms with Crippen molar-refractivity contribution in [3.8, 4) is 11.5 Å². The van der Waals surface area contributed by atoms with Crippen LogP contribution in [0, 0.1) is 19.8 Å². The first kappa shape index (κ1) is 15.3. The Hall–Kier alpha value is -1.65. The second-order valence-corrected chi connectivity index (χ2v) is 6.32. The van der Waals surface area contributed by atoms with Gasteiger partial charge in [-0.15, -0.1) is 0 Å². The molecule has 1 atom stereocenters. The number of hydrogen-bond acceptors (Lipinski definition) is 4. The lowest BCUT2D eigenvalue weighted by Crippen LogP contribution is -2.38. The van der Waals surface area contributed by atoms with Crippen molar-refractivity contribution in [1.82, 2.24) is 9.88 Å². The summed E-state index contributed by atoms with van der Waals surface area (Å²) >= 11 is 0. The van der Waals surface area contributed by atoms with Gasteiger partial charge in [-0.05, 0) is 57.3 Å². The highest BCUT2D eigenvalue weighted by Gasteiger charge is 2.21. The van der Waals surface area contributed by atoms with Crippen molar-refractivity contribution in [2.75, 3.05) is 19.6 Å². The van der Waals surface area contributed by atoms with E-state index < -0.39 is 0 Å². The van der Waals surface area contributed by atoms with Crippen LogP contribution in [0.2, 0.25) is 0 Å². The van der Waals surface area contributed by atoms with Gasteiger partial charge in [0.1, 0.15) is 5.76 Å². The topological polar surface area (TPSA) is 55.3 Å². The number of aromatic nitrogens is 1. The largest absolute Gasteiger partial charge is 0.441 e. The van der Waals surface area contributed by atoms with Gasteiger partial charge in [0.2, 0.25) is 5.89 Å². The minimum Gasteiger partial charge on any atom is -0.441 e. The molecule has 0 amide bonds. The number of benzene rings is 1. The molecule has 0 unspecified atom stereocenters. The molecule has 1 aromatic heterocycles. The molecular weight excluding hydrogens is 274 g/mol. The van der Waals surface area contributed by atoms with E-state index in [1.165, 1.54) is 18.4 Å². The quantitative estimate of drug-likeness (QED) is 0.942. The Morgan fingerprint density at radius 3 is 2.91 bits per heavy atom. The van der Waals surface area contributed by atoms with Crippen LogP contribution in [-0.4, -0.2) is 29.5 Å². The lowest BCUT2D eigenvalue weighted by Gasteiger charge is -2.31. The zero-order chi connectivity index (χ0) is 15.5. The van der Waals surface area contributed by atoms with Gasteiger partial charge in [0.25, 0.3) is 0 Å². The fourth-order valence-electron chi connectivity index (χ4n) is 3.20. The van der Waals surface area contributed by atoms with Crippen molar-refractivity contribution in [3.63, 3.8) is 0 Å². The van der Waals surface area contributed by atoms with Crippen molar-refractivity contribution in [3.05, 3.63) is 41.3 Å². The first-order valence-corrected chi connectivity index (χ1v) is 8.12. The molecule has 0 spiro atoms. The Bertz CT molecular complexity index is 635. The molecule has 22 heavy (non-hydrogen) atoms. The molecule has 1 aliphatic rings. The molecular formula is C18H25N3O. The maximum absolute atomic E-state index is 5.91. The van der Waals surface area contributed by atoms with E-state index in [4.69, 9.17) is 15.1 Å². The molecule has 4 heteroatoms. The van der Waals surface area contributed by atoms with Gasteiger partial charge in [0.15, 0.2) is 0 Å². The Kier molecular flexibility index (Phi) is 4.60. The van der Waals surface area contributed by atoms with Gasteiger partial charge >= 0.3 is 0 Å². The summed E-state index contributed by atoms with van der Waals surface area (Å²) in [6, 6.07) is 8.22. The molecule has 0 radical (unpaired) electrons. The van der Waals surface area contributed by atoms with Crippen molar-refractivity contribution in [2.45, 2.75) is 33.2 Å². The van der Waals surface area contributed by atoms with E-state index in [2.05, 4.69) is 24.0 Å². The molecule has 2 heterocycles. The van der Waals surface area contributed by atoms with E-state index in [9.17, 15) is 0 Å². The average Bonchev–Trinajstić information content (AvgIpc) is 2.89. The third-order valence-corrected chi connectivity index (χ3v) is 4.58. The summed E-state index contributed by atoms with van der Waals surface area (Å²) in [5.74, 6) is 2.28. The summed E-state index contributed by atoms with van der Waals surface area (Å²) in [4.78, 5) is 7.20. The van der Waals surface area contributed by atoms with E-state index in [0.717, 1.165) is 49.1 Å². The van der Waals surface area contributed by atoms with E-state index in [0.29, 0.717) is 5.92 Å². The van der Waals surface area contributed by atoms with Crippen LogP contribution in [0.5, 0.6) is 0 Å². The van der Waals surface area contributed by atoms with E-state index in [1.54, 1.807) is 0 Å². The Balaban J connectivity index is 1.77. The zero-order valence-electron chi connectivity index (χ0n) is 13.5. The fourth-order valence-corrected chi connectivity index (χ4v) is 3.20. The highest BCUT2D eigenvalue weighted by Crippen LogP contribution is 2.26. The van der Waals surface area contributed by atoms with Crippen LogP contribution in [0.1, 0.15) is 29.9 Å². The molecule has 2 aromatic rings. The molecule has 2 N–H and O–H groups in total. The number of aryl methyl sites for hydroxylation is 2. The van der Waals surface area contributed by atoms with Crippen LogP contribution in [0.25, 0.3) is 11.5 Å². The second kappa shape index (κ2) is 6.63. The van der Waals surface area contributed by atoms with Crippen molar-refractivity contribution in [1.29, 1.82) is 0 Å². The molecule has 0 saturated carbocycles. The lowest BCUT2D eigenvalue weighted by molar-refractivity contribution is 0.169. The maximum Gasteiger partial charge on any atom is 0.226 e. The minimum atomic E-state index is 0.622. The number of oxazole rings is 1. The minimum absolute atomic E-state index is 0.622. The van der Waals surface area contributed by atoms with Crippen LogP contribution in [-0.2, 0) is 6.54 Å². The molecule has 1 fully saturated rings. The van der Waals surface area contributed by atoms with E-state index in [1.807, 2.05) is 19.1 Å². The Morgan fingerprint density at radius 1 is 1.32 bits per heavy atom. The summed E-state index contributed by atoms with van der Waals surface area (Å²) < 4.78 is 5.91. The first-order valence-electron chi connectivity index (χ1n) is 8.12. The summed E-state index contributed by atoms with van der Waals surface area (Å²) in [7, 11) is 0. The zero-order valence-corrected chi connectivity index (χ0v) is 13.5. The number of nitrogens with zero attached hydrogens (tertiary/aromatic N) is 2. The van der Waals surface area contributed by atoms with Crippen LogP contribution < -0.4 is 5.73 Å². The van der Waals surface area contributed by atoms with Crippen molar-refractivity contribution in [2.24, 2.45) is 11.7 Å². The SMILES string of the molecule is Cc1ccccc1-c1nc(CN2CCC[C@@H](CN)C2)c(C)o1. The van der Waals surface area contributed by atoms with Gasteiger partial charge in [0.05, 0.1) is 5.69 Å². The van der Waals surface area contributed by atoms with Gasteiger partial charge < -0.3 is 10.2 Å². The highest BCUT2D eigenvalue weighted by molar-refractivity contribution is 5.58. The number of nitrogens with two attached hydrogens (primary N) is 1. The Morgan fingerprint density at radius 2 is 2.14 bits per heavy atom. The normalized spacial score (nSPS) is 19.5. The third kappa shape index (κ3) is 3.23. The molecule has 0 bridgehead atoms. The van der Waals surface area contributed by atoms with Crippen LogP contribution in [0.15, 0.2) is 28.7 Å². The van der Waals surface area contributed by atoms with Crippen molar-refractivity contribution < 1.29 is 4.42 Å². The molecule has 1 saturated heterocycles. The first-order chi connectivity index (χ1) is 10.7. The fraction of sp³-hybridized carbons (Fsp3) is 0.500. The lowest BCUT2D eigenvalue weighted by atomic mass is 9.98. The van der Waals surface area contributed by atoms with Gasteiger partial charge in [-0.3, -0.25) is 4.90 Å². The van der Waals surface area contributed by atoms with E-state index >= 15 is 0 Å². The molecule has 118 valence electrons. The number of likely N-dealkylation sites (tertiary alicyclic amines) is 1. The molecule has 4 nitrogen and oxygen atoms in total. The standard InChI is InChI=1S/C18H25N3O/c1-13-6-3-4-8-16(13)18-20-17(14(2)22-18)12-21-9-5-7-15(10-19)11-21/h3-4,6,8,15H,5,7,9-12,19H2,1-2H3/t15-/m0/s1. The van der Waals surface area contributed by atoms with Gasteiger partial charge in [-0.2, -0.15) is 0 Å². The monoisotopic (exact) mass is 299 g/mol.